The number of aliphatic hydroxyl groups excluding tert-OH is 1. The Kier molecular flexibility index (Phi) is 6.88. The van der Waals surface area contributed by atoms with Crippen LogP contribution in [0, 0.1) is 0 Å². The average molecular weight is 486 g/mol. The van der Waals surface area contributed by atoms with Crippen molar-refractivity contribution in [1.29, 1.82) is 0 Å². The van der Waals surface area contributed by atoms with E-state index in [9.17, 15) is 14.7 Å². The van der Waals surface area contributed by atoms with Crippen molar-refractivity contribution in [2.75, 3.05) is 18.6 Å². The first-order valence-corrected chi connectivity index (χ1v) is 11.9. The van der Waals surface area contributed by atoms with Crippen molar-refractivity contribution in [2.24, 2.45) is 0 Å². The molecule has 1 aliphatic heterocycles. The number of carbonyl (C=O) groups is 2. The second-order valence-corrected chi connectivity index (χ2v) is 9.70. The number of amides is 1. The van der Waals surface area contributed by atoms with Crippen LogP contribution in [0.3, 0.4) is 0 Å². The number of carbonyl (C=O) groups excluding carboxylic acids is 2. The number of ketones is 1. The molecule has 1 amide bonds. The summed E-state index contributed by atoms with van der Waals surface area (Å²) in [4.78, 5) is 28.1. The maximum absolute atomic E-state index is 13.4. The quantitative estimate of drug-likeness (QED) is 0.263. The molecule has 1 atom stereocenters. The first-order chi connectivity index (χ1) is 17.2. The van der Waals surface area contributed by atoms with Crippen molar-refractivity contribution in [3.05, 3.63) is 95.1 Å². The fourth-order valence-electron chi connectivity index (χ4n) is 4.35. The van der Waals surface area contributed by atoms with Gasteiger partial charge in [-0.1, -0.05) is 45.0 Å². The third-order valence-electron chi connectivity index (χ3n) is 6.33. The van der Waals surface area contributed by atoms with Gasteiger partial charge < -0.3 is 14.6 Å². The first kappa shape index (κ1) is 25.0. The van der Waals surface area contributed by atoms with Crippen LogP contribution in [0.1, 0.15) is 50.4 Å². The summed E-state index contributed by atoms with van der Waals surface area (Å²) in [7, 11) is 1.55. The van der Waals surface area contributed by atoms with Crippen LogP contribution < -0.4 is 14.4 Å². The summed E-state index contributed by atoms with van der Waals surface area (Å²) in [5, 5.41) is 11.3. The van der Waals surface area contributed by atoms with Crippen LogP contribution in [0.4, 0.5) is 5.69 Å². The fraction of sp³-hybridized carbons (Fsp3) is 0.267. The molecular weight excluding hydrogens is 454 g/mol. The lowest BCUT2D eigenvalue weighted by atomic mass is 9.85. The lowest BCUT2D eigenvalue weighted by Crippen LogP contribution is -2.29. The summed E-state index contributed by atoms with van der Waals surface area (Å²) in [5.41, 5.74) is 2.81. The molecule has 6 nitrogen and oxygen atoms in total. The number of ether oxygens (including phenoxy) is 2. The number of hydrogen-bond acceptors (Lipinski definition) is 5. The monoisotopic (exact) mass is 485 g/mol. The van der Waals surface area contributed by atoms with Crippen LogP contribution in [0.15, 0.2) is 78.4 Å². The van der Waals surface area contributed by atoms with Gasteiger partial charge in [-0.15, -0.1) is 0 Å². The van der Waals surface area contributed by atoms with E-state index in [0.29, 0.717) is 29.4 Å². The summed E-state index contributed by atoms with van der Waals surface area (Å²) >= 11 is 0. The highest BCUT2D eigenvalue weighted by atomic mass is 16.5. The van der Waals surface area contributed by atoms with Crippen molar-refractivity contribution >= 4 is 23.1 Å². The van der Waals surface area contributed by atoms with E-state index in [2.05, 4.69) is 20.8 Å². The average Bonchev–Trinajstić information content (AvgIpc) is 3.14. The highest BCUT2D eigenvalue weighted by Gasteiger charge is 2.47. The van der Waals surface area contributed by atoms with E-state index in [0.717, 1.165) is 11.1 Å². The maximum Gasteiger partial charge on any atom is 0.300 e. The van der Waals surface area contributed by atoms with Gasteiger partial charge in [0.2, 0.25) is 0 Å². The SMILES string of the molecule is CCOc1ccc(N2C(=O)C(=O)/C(=C(\O)c3ccc(OC)cc3)C2c2ccc(C(C)(C)C)cc2)cc1. The van der Waals surface area contributed by atoms with Gasteiger partial charge in [-0.3, -0.25) is 14.5 Å². The third-order valence-corrected chi connectivity index (χ3v) is 6.33. The van der Waals surface area contributed by atoms with Gasteiger partial charge in [-0.2, -0.15) is 0 Å². The number of Topliss-reactive ketones (excluding diaryl/α,β-unsaturated/α-hetero) is 1. The highest BCUT2D eigenvalue weighted by Crippen LogP contribution is 2.43. The predicted octanol–water partition coefficient (Wildman–Crippen LogP) is 6.02. The van der Waals surface area contributed by atoms with Crippen LogP contribution in [0.2, 0.25) is 0 Å². The molecule has 1 aliphatic rings. The number of anilines is 1. The zero-order valence-electron chi connectivity index (χ0n) is 21.2. The van der Waals surface area contributed by atoms with E-state index in [4.69, 9.17) is 9.47 Å². The summed E-state index contributed by atoms with van der Waals surface area (Å²) in [5.74, 6) is -0.367. The molecular formula is C30H31NO5. The minimum absolute atomic E-state index is 0.0440. The Hall–Kier alpha value is -4.06. The minimum Gasteiger partial charge on any atom is -0.507 e. The second kappa shape index (κ2) is 9.90. The molecule has 1 fully saturated rings. The topological polar surface area (TPSA) is 76.1 Å². The summed E-state index contributed by atoms with van der Waals surface area (Å²) in [6, 6.07) is 20.8. The Morgan fingerprint density at radius 3 is 2.00 bits per heavy atom. The molecule has 1 heterocycles. The van der Waals surface area contributed by atoms with Gasteiger partial charge in [0, 0.05) is 11.3 Å². The molecule has 0 aliphatic carbocycles. The molecule has 1 N–H and O–H groups in total. The largest absolute Gasteiger partial charge is 0.507 e. The Bertz CT molecular complexity index is 1280. The van der Waals surface area contributed by atoms with Gasteiger partial charge >= 0.3 is 0 Å². The number of nitrogens with zero attached hydrogens (tertiary/aromatic N) is 1. The smallest absolute Gasteiger partial charge is 0.300 e. The number of aliphatic hydroxyl groups is 1. The Labute approximate surface area is 211 Å². The zero-order valence-corrected chi connectivity index (χ0v) is 21.2. The standard InChI is InChI=1S/C30H31NO5/c1-6-36-24-17-13-22(14-18-24)31-26(19-7-11-21(12-8-19)30(2,3)4)25(28(33)29(31)34)27(32)20-9-15-23(35-5)16-10-20/h7-18,26,32H,6H2,1-5H3/b27-25-. The normalized spacial score (nSPS) is 17.4. The molecule has 0 radical (unpaired) electrons. The molecule has 0 bridgehead atoms. The highest BCUT2D eigenvalue weighted by molar-refractivity contribution is 6.51. The lowest BCUT2D eigenvalue weighted by molar-refractivity contribution is -0.132. The summed E-state index contributed by atoms with van der Waals surface area (Å²) in [6.07, 6.45) is 0. The van der Waals surface area contributed by atoms with E-state index in [1.165, 1.54) is 4.90 Å². The molecule has 0 spiro atoms. The van der Waals surface area contributed by atoms with E-state index in [1.54, 1.807) is 55.6 Å². The molecule has 1 unspecified atom stereocenters. The Balaban J connectivity index is 1.87. The van der Waals surface area contributed by atoms with Crippen molar-refractivity contribution in [2.45, 2.75) is 39.2 Å². The van der Waals surface area contributed by atoms with Gasteiger partial charge in [0.1, 0.15) is 17.3 Å². The van der Waals surface area contributed by atoms with E-state index >= 15 is 0 Å². The third kappa shape index (κ3) is 4.71. The molecule has 186 valence electrons. The number of benzene rings is 3. The van der Waals surface area contributed by atoms with Crippen LogP contribution in [-0.2, 0) is 15.0 Å². The van der Waals surface area contributed by atoms with Gasteiger partial charge in [0.05, 0.1) is 25.3 Å². The summed E-state index contributed by atoms with van der Waals surface area (Å²) in [6.45, 7) is 8.78. The Morgan fingerprint density at radius 1 is 0.889 bits per heavy atom. The van der Waals surface area contributed by atoms with Crippen molar-refractivity contribution in [1.82, 2.24) is 0 Å². The van der Waals surface area contributed by atoms with E-state index in [-0.39, 0.29) is 16.7 Å². The van der Waals surface area contributed by atoms with Crippen molar-refractivity contribution in [3.8, 4) is 11.5 Å². The van der Waals surface area contributed by atoms with Gasteiger partial charge in [-0.05, 0) is 72.0 Å². The molecule has 6 heteroatoms. The Morgan fingerprint density at radius 2 is 1.47 bits per heavy atom. The molecule has 4 rings (SSSR count). The zero-order chi connectivity index (χ0) is 26.0. The molecule has 0 saturated carbocycles. The fourth-order valence-corrected chi connectivity index (χ4v) is 4.35. The number of rotatable bonds is 6. The minimum atomic E-state index is -0.793. The lowest BCUT2D eigenvalue weighted by Gasteiger charge is -2.26. The van der Waals surface area contributed by atoms with Gasteiger partial charge in [-0.25, -0.2) is 0 Å². The van der Waals surface area contributed by atoms with Gasteiger partial charge in [0.25, 0.3) is 11.7 Å². The van der Waals surface area contributed by atoms with Crippen molar-refractivity contribution < 1.29 is 24.2 Å². The van der Waals surface area contributed by atoms with Gasteiger partial charge in [0.15, 0.2) is 0 Å². The first-order valence-electron chi connectivity index (χ1n) is 11.9. The van der Waals surface area contributed by atoms with Crippen LogP contribution in [-0.4, -0.2) is 30.5 Å². The van der Waals surface area contributed by atoms with Crippen LogP contribution >= 0.6 is 0 Å². The summed E-state index contributed by atoms with van der Waals surface area (Å²) < 4.78 is 10.7. The van der Waals surface area contributed by atoms with Crippen LogP contribution in [0.5, 0.6) is 11.5 Å². The van der Waals surface area contributed by atoms with Crippen molar-refractivity contribution in [3.63, 3.8) is 0 Å². The van der Waals surface area contributed by atoms with Crippen LogP contribution in [0.25, 0.3) is 5.76 Å². The predicted molar refractivity (Wildman–Crippen MR) is 141 cm³/mol. The molecule has 1 saturated heterocycles. The molecule has 3 aromatic carbocycles. The van der Waals surface area contributed by atoms with E-state index < -0.39 is 17.7 Å². The number of methoxy groups -OCH3 is 1. The molecule has 36 heavy (non-hydrogen) atoms. The molecule has 3 aromatic rings. The maximum atomic E-state index is 13.4. The number of hydrogen-bond donors (Lipinski definition) is 1. The second-order valence-electron chi connectivity index (χ2n) is 9.70. The van der Waals surface area contributed by atoms with E-state index in [1.807, 2.05) is 31.2 Å². The molecule has 0 aromatic heterocycles.